The molecule has 2 rings (SSSR count). The Bertz CT molecular complexity index is 463. The van der Waals surface area contributed by atoms with Gasteiger partial charge in [-0.15, -0.1) is 5.10 Å². The van der Waals surface area contributed by atoms with Gasteiger partial charge in [-0.1, -0.05) is 19.0 Å². The van der Waals surface area contributed by atoms with Crippen LogP contribution in [-0.4, -0.2) is 27.3 Å². The highest BCUT2D eigenvalue weighted by molar-refractivity contribution is 5.98. The van der Waals surface area contributed by atoms with Gasteiger partial charge in [-0.2, -0.15) is 5.10 Å². The zero-order valence-corrected chi connectivity index (χ0v) is 11.3. The first kappa shape index (κ1) is 13.6. The van der Waals surface area contributed by atoms with Crippen LogP contribution in [0.5, 0.6) is 5.88 Å². The van der Waals surface area contributed by atoms with Crippen LogP contribution in [0, 0.1) is 5.41 Å². The number of rotatable bonds is 3. The molecule has 0 atom stereocenters. The Kier molecular flexibility index (Phi) is 3.87. The molecule has 1 aliphatic rings. The normalized spacial score (nSPS) is 20.2. The minimum absolute atomic E-state index is 0.0129. The Hall–Kier alpha value is -1.85. The third-order valence-corrected chi connectivity index (χ3v) is 3.64. The van der Waals surface area contributed by atoms with Gasteiger partial charge in [0.05, 0.1) is 11.8 Å². The quantitative estimate of drug-likeness (QED) is 0.376. The molecule has 0 aromatic carbocycles. The van der Waals surface area contributed by atoms with E-state index in [0.717, 1.165) is 25.7 Å². The zero-order chi connectivity index (χ0) is 13.9. The molecular weight excluding hydrogens is 244 g/mol. The summed E-state index contributed by atoms with van der Waals surface area (Å²) in [6.07, 6.45) is 5.82. The van der Waals surface area contributed by atoms with Gasteiger partial charge in [-0.25, -0.2) is 0 Å². The first-order valence-electron chi connectivity index (χ1n) is 6.48. The fraction of sp³-hybridized carbons (Fsp3) is 0.615. The number of hydrogen-bond acceptors (Lipinski definition) is 5. The van der Waals surface area contributed by atoms with Crippen LogP contribution in [0.25, 0.3) is 0 Å². The van der Waals surface area contributed by atoms with E-state index in [1.165, 1.54) is 6.20 Å². The summed E-state index contributed by atoms with van der Waals surface area (Å²) in [5.74, 6) is 0.323. The molecule has 0 bridgehead atoms. The average molecular weight is 264 g/mol. The fourth-order valence-electron chi connectivity index (χ4n) is 2.30. The molecule has 1 heterocycles. The average Bonchev–Trinajstić information content (AvgIpc) is 2.41. The molecule has 19 heavy (non-hydrogen) atoms. The van der Waals surface area contributed by atoms with Crippen LogP contribution >= 0.6 is 0 Å². The van der Waals surface area contributed by atoms with Gasteiger partial charge in [0.2, 0.25) is 5.88 Å². The second-order valence-electron chi connectivity index (χ2n) is 5.72. The molecule has 3 N–H and O–H groups in total. The van der Waals surface area contributed by atoms with Crippen molar-refractivity contribution < 1.29 is 9.94 Å². The van der Waals surface area contributed by atoms with Crippen molar-refractivity contribution in [2.75, 3.05) is 0 Å². The van der Waals surface area contributed by atoms with Crippen molar-refractivity contribution in [1.82, 2.24) is 10.2 Å². The summed E-state index contributed by atoms with van der Waals surface area (Å²) in [7, 11) is 0. The van der Waals surface area contributed by atoms with Crippen LogP contribution in [0.4, 0.5) is 0 Å². The highest BCUT2D eigenvalue weighted by Crippen LogP contribution is 2.36. The molecule has 1 fully saturated rings. The van der Waals surface area contributed by atoms with E-state index in [4.69, 9.17) is 15.7 Å². The predicted molar refractivity (Wildman–Crippen MR) is 71.2 cm³/mol. The molecule has 0 aliphatic heterocycles. The maximum atomic E-state index is 8.75. The number of nitrogens with two attached hydrogens (primary N) is 1. The maximum Gasteiger partial charge on any atom is 0.244 e. The summed E-state index contributed by atoms with van der Waals surface area (Å²) in [5, 5.41) is 19.5. The lowest BCUT2D eigenvalue weighted by atomic mass is 9.76. The standard InChI is InChI=1S/C13H20N4O2/c1-13(2)6-3-9(4-7-13)19-12-10(11(14)17-18)5-8-15-16-12/h5,8-9,18H,3-4,6-7H2,1-2H3,(H2,14,17). The smallest absolute Gasteiger partial charge is 0.244 e. The maximum absolute atomic E-state index is 8.75. The topological polar surface area (TPSA) is 93.6 Å². The highest BCUT2D eigenvalue weighted by atomic mass is 16.5. The van der Waals surface area contributed by atoms with Crippen LogP contribution in [0.3, 0.4) is 0 Å². The third-order valence-electron chi connectivity index (χ3n) is 3.64. The fourth-order valence-corrected chi connectivity index (χ4v) is 2.30. The van der Waals surface area contributed by atoms with Gasteiger partial charge in [-0.05, 0) is 37.2 Å². The molecule has 0 radical (unpaired) electrons. The zero-order valence-electron chi connectivity index (χ0n) is 11.3. The van der Waals surface area contributed by atoms with E-state index in [-0.39, 0.29) is 11.9 Å². The van der Waals surface area contributed by atoms with E-state index in [0.29, 0.717) is 16.9 Å². The first-order chi connectivity index (χ1) is 9.02. The second kappa shape index (κ2) is 5.42. The Labute approximate surface area is 112 Å². The van der Waals surface area contributed by atoms with E-state index in [1.54, 1.807) is 6.07 Å². The molecule has 0 amide bonds. The van der Waals surface area contributed by atoms with Gasteiger partial charge in [-0.3, -0.25) is 0 Å². The number of aromatic nitrogens is 2. The monoisotopic (exact) mass is 264 g/mol. The summed E-state index contributed by atoms with van der Waals surface area (Å²) in [4.78, 5) is 0. The number of nitrogens with zero attached hydrogens (tertiary/aromatic N) is 3. The number of amidine groups is 1. The minimum atomic E-state index is -0.0129. The van der Waals surface area contributed by atoms with Crippen LogP contribution in [0.15, 0.2) is 17.4 Å². The van der Waals surface area contributed by atoms with Crippen molar-refractivity contribution in [2.24, 2.45) is 16.3 Å². The number of oxime groups is 1. The summed E-state index contributed by atoms with van der Waals surface area (Å²) >= 11 is 0. The van der Waals surface area contributed by atoms with Gasteiger partial charge >= 0.3 is 0 Å². The molecule has 1 aromatic heterocycles. The van der Waals surface area contributed by atoms with E-state index in [2.05, 4.69) is 29.2 Å². The lowest BCUT2D eigenvalue weighted by molar-refractivity contribution is 0.0938. The molecule has 6 heteroatoms. The van der Waals surface area contributed by atoms with Crippen LogP contribution in [0.1, 0.15) is 45.1 Å². The highest BCUT2D eigenvalue weighted by Gasteiger charge is 2.28. The summed E-state index contributed by atoms with van der Waals surface area (Å²) < 4.78 is 5.86. The van der Waals surface area contributed by atoms with Gasteiger partial charge < -0.3 is 15.7 Å². The van der Waals surface area contributed by atoms with Gasteiger partial charge in [0.1, 0.15) is 6.10 Å². The van der Waals surface area contributed by atoms with E-state index >= 15 is 0 Å². The molecule has 1 aromatic rings. The third kappa shape index (κ3) is 3.33. The second-order valence-corrected chi connectivity index (χ2v) is 5.72. The Balaban J connectivity index is 2.08. The molecule has 1 aliphatic carbocycles. The van der Waals surface area contributed by atoms with Crippen molar-refractivity contribution in [3.63, 3.8) is 0 Å². The predicted octanol–water partition coefficient (Wildman–Crippen LogP) is 1.92. The Morgan fingerprint density at radius 2 is 2.16 bits per heavy atom. The molecule has 0 spiro atoms. The van der Waals surface area contributed by atoms with Crippen LogP contribution in [-0.2, 0) is 0 Å². The molecule has 0 saturated heterocycles. The lowest BCUT2D eigenvalue weighted by Gasteiger charge is -2.34. The Morgan fingerprint density at radius 1 is 1.47 bits per heavy atom. The lowest BCUT2D eigenvalue weighted by Crippen LogP contribution is -2.29. The van der Waals surface area contributed by atoms with Gasteiger partial charge in [0.25, 0.3) is 0 Å². The van der Waals surface area contributed by atoms with Crippen molar-refractivity contribution in [3.05, 3.63) is 17.8 Å². The van der Waals surface area contributed by atoms with Crippen LogP contribution in [0.2, 0.25) is 0 Å². The SMILES string of the molecule is CC1(C)CCC(Oc2nnccc2/C(N)=N/O)CC1. The first-order valence-corrected chi connectivity index (χ1v) is 6.48. The molecular formula is C13H20N4O2. The minimum Gasteiger partial charge on any atom is -0.473 e. The van der Waals surface area contributed by atoms with Gasteiger partial charge in [0, 0.05) is 0 Å². The van der Waals surface area contributed by atoms with Crippen molar-refractivity contribution in [1.29, 1.82) is 0 Å². The number of ether oxygens (including phenoxy) is 1. The number of hydrogen-bond donors (Lipinski definition) is 2. The summed E-state index contributed by atoms with van der Waals surface area (Å²) in [6.45, 7) is 4.54. The van der Waals surface area contributed by atoms with Gasteiger partial charge in [0.15, 0.2) is 5.84 Å². The van der Waals surface area contributed by atoms with Crippen molar-refractivity contribution in [2.45, 2.75) is 45.6 Å². The Morgan fingerprint density at radius 3 is 2.79 bits per heavy atom. The molecule has 0 unspecified atom stereocenters. The van der Waals surface area contributed by atoms with Crippen molar-refractivity contribution >= 4 is 5.84 Å². The van der Waals surface area contributed by atoms with Crippen LogP contribution < -0.4 is 10.5 Å². The molecule has 104 valence electrons. The molecule has 1 saturated carbocycles. The van der Waals surface area contributed by atoms with E-state index in [9.17, 15) is 0 Å². The summed E-state index contributed by atoms with van der Waals surface area (Å²) in [5.41, 5.74) is 6.46. The summed E-state index contributed by atoms with van der Waals surface area (Å²) in [6, 6.07) is 1.63. The van der Waals surface area contributed by atoms with E-state index in [1.807, 2.05) is 0 Å². The van der Waals surface area contributed by atoms with Crippen molar-refractivity contribution in [3.8, 4) is 5.88 Å². The largest absolute Gasteiger partial charge is 0.473 e. The van der Waals surface area contributed by atoms with E-state index < -0.39 is 0 Å². The molecule has 6 nitrogen and oxygen atoms in total.